The van der Waals surface area contributed by atoms with Gasteiger partial charge >= 0.3 is 6.03 Å². The summed E-state index contributed by atoms with van der Waals surface area (Å²) in [6.07, 6.45) is 0.768. The molecule has 0 saturated heterocycles. The first kappa shape index (κ1) is 16.6. The Morgan fingerprint density at radius 1 is 1.23 bits per heavy atom. The van der Waals surface area contributed by atoms with Gasteiger partial charge in [0.2, 0.25) is 0 Å². The van der Waals surface area contributed by atoms with Crippen LogP contribution in [0.2, 0.25) is 5.02 Å². The lowest BCUT2D eigenvalue weighted by Gasteiger charge is -2.09. The SMILES string of the molecule is COc1ccc(NC(=O)NCCc2ccc(Br)cc2)cc1Cl. The topological polar surface area (TPSA) is 50.4 Å². The highest BCUT2D eigenvalue weighted by Crippen LogP contribution is 2.27. The summed E-state index contributed by atoms with van der Waals surface area (Å²) in [5.41, 5.74) is 1.78. The molecule has 0 saturated carbocycles. The standard InChI is InChI=1S/C16H16BrClN2O2/c1-22-15-7-6-13(10-14(15)18)20-16(21)19-9-8-11-2-4-12(17)5-3-11/h2-7,10H,8-9H2,1H3,(H2,19,20,21). The second kappa shape index (κ2) is 8.06. The van der Waals surface area contributed by atoms with Crippen LogP contribution in [0.1, 0.15) is 5.56 Å². The smallest absolute Gasteiger partial charge is 0.319 e. The van der Waals surface area contributed by atoms with Gasteiger partial charge in [0.05, 0.1) is 12.1 Å². The molecule has 0 aliphatic rings. The molecule has 2 amide bonds. The van der Waals surface area contributed by atoms with Gasteiger partial charge in [0.25, 0.3) is 0 Å². The molecule has 2 rings (SSSR count). The highest BCUT2D eigenvalue weighted by molar-refractivity contribution is 9.10. The second-order valence-electron chi connectivity index (χ2n) is 4.61. The highest BCUT2D eigenvalue weighted by Gasteiger charge is 2.05. The number of rotatable bonds is 5. The number of ether oxygens (including phenoxy) is 1. The summed E-state index contributed by atoms with van der Waals surface area (Å²) in [7, 11) is 1.54. The van der Waals surface area contributed by atoms with E-state index in [-0.39, 0.29) is 6.03 Å². The molecule has 116 valence electrons. The lowest BCUT2D eigenvalue weighted by atomic mass is 10.1. The molecular formula is C16H16BrClN2O2. The van der Waals surface area contributed by atoms with E-state index in [2.05, 4.69) is 26.6 Å². The van der Waals surface area contributed by atoms with E-state index >= 15 is 0 Å². The maximum Gasteiger partial charge on any atom is 0.319 e. The van der Waals surface area contributed by atoms with Crippen molar-refractivity contribution in [3.05, 3.63) is 57.5 Å². The van der Waals surface area contributed by atoms with Crippen molar-refractivity contribution in [2.45, 2.75) is 6.42 Å². The Hall–Kier alpha value is -1.72. The molecular weight excluding hydrogens is 368 g/mol. The lowest BCUT2D eigenvalue weighted by Crippen LogP contribution is -2.30. The van der Waals surface area contributed by atoms with Crippen LogP contribution in [-0.2, 0) is 6.42 Å². The zero-order valence-corrected chi connectivity index (χ0v) is 14.4. The maximum atomic E-state index is 11.8. The highest BCUT2D eigenvalue weighted by atomic mass is 79.9. The Labute approximate surface area is 142 Å². The molecule has 0 fully saturated rings. The van der Waals surface area contributed by atoms with Crippen molar-refractivity contribution in [1.82, 2.24) is 5.32 Å². The average molecular weight is 384 g/mol. The van der Waals surface area contributed by atoms with Crippen LogP contribution >= 0.6 is 27.5 Å². The monoisotopic (exact) mass is 382 g/mol. The summed E-state index contributed by atoms with van der Waals surface area (Å²) in [4.78, 5) is 11.8. The molecule has 6 heteroatoms. The van der Waals surface area contributed by atoms with E-state index in [9.17, 15) is 4.79 Å². The van der Waals surface area contributed by atoms with E-state index in [0.29, 0.717) is 23.0 Å². The van der Waals surface area contributed by atoms with Gasteiger partial charge in [-0.3, -0.25) is 0 Å². The van der Waals surface area contributed by atoms with E-state index in [0.717, 1.165) is 16.5 Å². The fraction of sp³-hybridized carbons (Fsp3) is 0.188. The number of methoxy groups -OCH3 is 1. The summed E-state index contributed by atoms with van der Waals surface area (Å²) in [5, 5.41) is 5.99. The van der Waals surface area contributed by atoms with Crippen molar-refractivity contribution in [3.8, 4) is 5.75 Å². The summed E-state index contributed by atoms with van der Waals surface area (Å²) in [6.45, 7) is 0.553. The molecule has 2 aromatic rings. The minimum Gasteiger partial charge on any atom is -0.495 e. The predicted octanol–water partition coefficient (Wildman–Crippen LogP) is 4.48. The van der Waals surface area contributed by atoms with Crippen LogP contribution in [0.25, 0.3) is 0 Å². The van der Waals surface area contributed by atoms with Gasteiger partial charge in [0, 0.05) is 16.7 Å². The number of hydrogen-bond acceptors (Lipinski definition) is 2. The minimum atomic E-state index is -0.265. The number of amides is 2. The van der Waals surface area contributed by atoms with E-state index in [1.165, 1.54) is 0 Å². The molecule has 0 aliphatic heterocycles. The molecule has 2 N–H and O–H groups in total. The van der Waals surface area contributed by atoms with Crippen molar-refractivity contribution in [3.63, 3.8) is 0 Å². The molecule has 4 nitrogen and oxygen atoms in total. The van der Waals surface area contributed by atoms with E-state index in [1.807, 2.05) is 24.3 Å². The average Bonchev–Trinajstić information content (AvgIpc) is 2.49. The van der Waals surface area contributed by atoms with Crippen LogP contribution in [0.3, 0.4) is 0 Å². The van der Waals surface area contributed by atoms with Crippen molar-refractivity contribution < 1.29 is 9.53 Å². The van der Waals surface area contributed by atoms with Crippen molar-refractivity contribution >= 4 is 39.2 Å². The number of carbonyl (C=O) groups is 1. The summed E-state index contributed by atoms with van der Waals surface area (Å²) >= 11 is 9.40. The van der Waals surface area contributed by atoms with Crippen molar-refractivity contribution in [2.75, 3.05) is 19.0 Å². The number of anilines is 1. The largest absolute Gasteiger partial charge is 0.495 e. The van der Waals surface area contributed by atoms with Gasteiger partial charge in [-0.05, 0) is 42.3 Å². The summed E-state index contributed by atoms with van der Waals surface area (Å²) < 4.78 is 6.10. The third-order valence-electron chi connectivity index (χ3n) is 3.02. The van der Waals surface area contributed by atoms with Crippen molar-refractivity contribution in [1.29, 1.82) is 0 Å². The number of halogens is 2. The Bertz CT molecular complexity index is 647. The molecule has 0 bridgehead atoms. The fourth-order valence-electron chi connectivity index (χ4n) is 1.89. The molecule has 0 spiro atoms. The van der Waals surface area contributed by atoms with E-state index < -0.39 is 0 Å². The molecule has 22 heavy (non-hydrogen) atoms. The molecule has 0 unspecified atom stereocenters. The molecule has 0 aliphatic carbocycles. The summed E-state index contributed by atoms with van der Waals surface area (Å²) in [5.74, 6) is 0.572. The Kier molecular flexibility index (Phi) is 6.10. The van der Waals surface area contributed by atoms with Crippen LogP contribution in [0.5, 0.6) is 5.75 Å². The van der Waals surface area contributed by atoms with Crippen LogP contribution in [0.15, 0.2) is 46.9 Å². The quantitative estimate of drug-likeness (QED) is 0.800. The first-order valence-electron chi connectivity index (χ1n) is 6.71. The first-order valence-corrected chi connectivity index (χ1v) is 7.88. The summed E-state index contributed by atoms with van der Waals surface area (Å²) in [6, 6.07) is 12.8. The third-order valence-corrected chi connectivity index (χ3v) is 3.85. The first-order chi connectivity index (χ1) is 10.6. The van der Waals surface area contributed by atoms with Crippen LogP contribution in [-0.4, -0.2) is 19.7 Å². The Morgan fingerprint density at radius 3 is 2.59 bits per heavy atom. The number of carbonyl (C=O) groups excluding carboxylic acids is 1. The molecule has 0 aromatic heterocycles. The third kappa shape index (κ3) is 4.93. The predicted molar refractivity (Wildman–Crippen MR) is 92.9 cm³/mol. The molecule has 2 aromatic carbocycles. The normalized spacial score (nSPS) is 10.1. The van der Waals surface area contributed by atoms with Gasteiger partial charge in [0.15, 0.2) is 0 Å². The Morgan fingerprint density at radius 2 is 1.95 bits per heavy atom. The molecule has 0 radical (unpaired) electrons. The minimum absolute atomic E-state index is 0.265. The number of nitrogens with one attached hydrogen (secondary N) is 2. The van der Waals surface area contributed by atoms with Crippen LogP contribution in [0.4, 0.5) is 10.5 Å². The van der Waals surface area contributed by atoms with Gasteiger partial charge in [-0.25, -0.2) is 4.79 Å². The van der Waals surface area contributed by atoms with Gasteiger partial charge in [0.1, 0.15) is 5.75 Å². The van der Waals surface area contributed by atoms with E-state index in [4.69, 9.17) is 16.3 Å². The zero-order valence-electron chi connectivity index (χ0n) is 12.0. The Balaban J connectivity index is 1.80. The van der Waals surface area contributed by atoms with Gasteiger partial charge < -0.3 is 15.4 Å². The van der Waals surface area contributed by atoms with Gasteiger partial charge in [-0.15, -0.1) is 0 Å². The molecule has 0 heterocycles. The van der Waals surface area contributed by atoms with Crippen molar-refractivity contribution in [2.24, 2.45) is 0 Å². The maximum absolute atomic E-state index is 11.8. The molecule has 0 atom stereocenters. The van der Waals surface area contributed by atoms with E-state index in [1.54, 1.807) is 25.3 Å². The second-order valence-corrected chi connectivity index (χ2v) is 5.93. The number of urea groups is 1. The van der Waals surface area contributed by atoms with Gasteiger partial charge in [-0.2, -0.15) is 0 Å². The van der Waals surface area contributed by atoms with Crippen LogP contribution in [0, 0.1) is 0 Å². The van der Waals surface area contributed by atoms with Crippen LogP contribution < -0.4 is 15.4 Å². The fourth-order valence-corrected chi connectivity index (χ4v) is 2.41. The number of benzene rings is 2. The lowest BCUT2D eigenvalue weighted by molar-refractivity contribution is 0.252. The van der Waals surface area contributed by atoms with Gasteiger partial charge in [-0.1, -0.05) is 39.7 Å². The number of hydrogen-bond donors (Lipinski definition) is 2. The zero-order chi connectivity index (χ0) is 15.9.